The highest BCUT2D eigenvalue weighted by Gasteiger charge is 2.33. The molecule has 22 heavy (non-hydrogen) atoms. The highest BCUT2D eigenvalue weighted by molar-refractivity contribution is 7.89. The van der Waals surface area contributed by atoms with Gasteiger partial charge in [0, 0.05) is 25.9 Å². The van der Waals surface area contributed by atoms with Gasteiger partial charge in [-0.05, 0) is 12.1 Å². The van der Waals surface area contributed by atoms with E-state index in [-0.39, 0.29) is 10.5 Å². The molecule has 0 unspecified atom stereocenters. The van der Waals surface area contributed by atoms with E-state index in [2.05, 4.69) is 5.10 Å². The van der Waals surface area contributed by atoms with Crippen molar-refractivity contribution >= 4 is 10.0 Å². The predicted octanol–water partition coefficient (Wildman–Crippen LogP) is 2.06. The third-order valence-corrected chi connectivity index (χ3v) is 4.78. The van der Waals surface area contributed by atoms with E-state index >= 15 is 0 Å². The maximum Gasteiger partial charge on any atom is 0.292 e. The van der Waals surface area contributed by atoms with Crippen molar-refractivity contribution in [2.24, 2.45) is 0 Å². The molecule has 0 N–H and O–H groups in total. The Morgan fingerprint density at radius 2 is 1.82 bits per heavy atom. The predicted molar refractivity (Wildman–Crippen MR) is 73.4 cm³/mol. The summed E-state index contributed by atoms with van der Waals surface area (Å²) in [6.07, 6.45) is 2.04. The zero-order valence-electron chi connectivity index (χ0n) is 11.9. The van der Waals surface area contributed by atoms with Gasteiger partial charge in [0.25, 0.3) is 5.92 Å². The molecule has 1 aromatic heterocycles. The van der Waals surface area contributed by atoms with Crippen LogP contribution in [0.25, 0.3) is 0 Å². The van der Waals surface area contributed by atoms with Crippen molar-refractivity contribution in [3.63, 3.8) is 0 Å². The van der Waals surface area contributed by atoms with Gasteiger partial charge in [-0.1, -0.05) is 12.1 Å². The first kappa shape index (κ1) is 16.5. The van der Waals surface area contributed by atoms with Crippen LogP contribution >= 0.6 is 0 Å². The van der Waals surface area contributed by atoms with Crippen LogP contribution in [0, 0.1) is 5.82 Å². The smallest absolute Gasteiger partial charge is 0.265 e. The molecule has 0 radical (unpaired) electrons. The maximum absolute atomic E-state index is 14.1. The fourth-order valence-electron chi connectivity index (χ4n) is 1.76. The van der Waals surface area contributed by atoms with Gasteiger partial charge in [0.1, 0.15) is 17.3 Å². The van der Waals surface area contributed by atoms with Gasteiger partial charge in [0.15, 0.2) is 0 Å². The first-order chi connectivity index (χ1) is 10.1. The second kappa shape index (κ2) is 5.73. The van der Waals surface area contributed by atoms with Crippen molar-refractivity contribution in [1.82, 2.24) is 14.1 Å². The largest absolute Gasteiger partial charge is 0.292 e. The van der Waals surface area contributed by atoms with Crippen molar-refractivity contribution in [3.05, 3.63) is 48.0 Å². The molecule has 0 aliphatic carbocycles. The van der Waals surface area contributed by atoms with E-state index in [1.807, 2.05) is 0 Å². The first-order valence-corrected chi connectivity index (χ1v) is 7.66. The average molecular weight is 333 g/mol. The van der Waals surface area contributed by atoms with Gasteiger partial charge < -0.3 is 0 Å². The minimum absolute atomic E-state index is 0.174. The Bertz CT molecular complexity index is 755. The molecule has 1 aromatic carbocycles. The number of halogens is 3. The van der Waals surface area contributed by atoms with Gasteiger partial charge >= 0.3 is 0 Å². The van der Waals surface area contributed by atoms with Gasteiger partial charge in [0.2, 0.25) is 10.0 Å². The fraction of sp³-hybridized carbons (Fsp3) is 0.308. The van der Waals surface area contributed by atoms with E-state index < -0.39 is 28.3 Å². The van der Waals surface area contributed by atoms with Crippen LogP contribution in [0.5, 0.6) is 0 Å². The molecule has 0 saturated heterocycles. The van der Waals surface area contributed by atoms with Gasteiger partial charge in [-0.3, -0.25) is 4.68 Å². The van der Waals surface area contributed by atoms with Crippen LogP contribution in [0.1, 0.15) is 5.56 Å². The van der Waals surface area contributed by atoms with Crippen molar-refractivity contribution in [3.8, 4) is 0 Å². The summed E-state index contributed by atoms with van der Waals surface area (Å²) in [5, 5.41) is 3.65. The topological polar surface area (TPSA) is 55.2 Å². The number of nitrogens with zero attached hydrogens (tertiary/aromatic N) is 3. The monoisotopic (exact) mass is 333 g/mol. The molecule has 0 aliphatic heterocycles. The number of alkyl halides is 2. The normalized spacial score (nSPS) is 12.8. The molecule has 120 valence electrons. The summed E-state index contributed by atoms with van der Waals surface area (Å²) < 4.78 is 66.5. The lowest BCUT2D eigenvalue weighted by molar-refractivity contribution is -0.0255. The standard InChI is InChI=1S/C13H14F3N3O2S/c1-18(2)22(20,21)12-7-17-19(8-12)9-13(15,16)10-3-5-11(14)6-4-10/h3-8H,9H2,1-2H3. The third-order valence-electron chi connectivity index (χ3n) is 3.02. The number of aromatic nitrogens is 2. The van der Waals surface area contributed by atoms with Gasteiger partial charge in [-0.15, -0.1) is 0 Å². The zero-order chi connectivity index (χ0) is 16.5. The molecule has 2 rings (SSSR count). The lowest BCUT2D eigenvalue weighted by Crippen LogP contribution is -2.23. The Labute approximate surface area is 126 Å². The van der Waals surface area contributed by atoms with E-state index in [0.29, 0.717) is 0 Å². The third kappa shape index (κ3) is 3.30. The lowest BCUT2D eigenvalue weighted by Gasteiger charge is -2.16. The molecule has 0 aliphatic rings. The molecule has 2 aromatic rings. The second-order valence-electron chi connectivity index (χ2n) is 4.87. The van der Waals surface area contributed by atoms with E-state index in [1.54, 1.807) is 0 Å². The van der Waals surface area contributed by atoms with Crippen molar-refractivity contribution in [2.45, 2.75) is 17.4 Å². The molecular formula is C13H14F3N3O2S. The average Bonchev–Trinajstić information content (AvgIpc) is 2.87. The Kier molecular flexibility index (Phi) is 4.30. The van der Waals surface area contributed by atoms with E-state index in [1.165, 1.54) is 14.1 Å². The van der Waals surface area contributed by atoms with Crippen LogP contribution in [0.4, 0.5) is 13.2 Å². The van der Waals surface area contributed by atoms with Crippen LogP contribution in [-0.2, 0) is 22.5 Å². The van der Waals surface area contributed by atoms with Gasteiger partial charge in [-0.25, -0.2) is 17.1 Å². The van der Waals surface area contributed by atoms with Gasteiger partial charge in [-0.2, -0.15) is 13.9 Å². The number of hydrogen-bond donors (Lipinski definition) is 0. The molecule has 0 amide bonds. The van der Waals surface area contributed by atoms with Crippen LogP contribution in [0.2, 0.25) is 0 Å². The highest BCUT2D eigenvalue weighted by atomic mass is 32.2. The molecule has 0 fully saturated rings. The second-order valence-corrected chi connectivity index (χ2v) is 7.02. The zero-order valence-corrected chi connectivity index (χ0v) is 12.7. The van der Waals surface area contributed by atoms with Crippen molar-refractivity contribution < 1.29 is 21.6 Å². The minimum atomic E-state index is -3.73. The molecule has 0 spiro atoms. The Balaban J connectivity index is 2.24. The lowest BCUT2D eigenvalue weighted by atomic mass is 10.1. The summed E-state index contributed by atoms with van der Waals surface area (Å²) in [6.45, 7) is -0.846. The molecular weight excluding hydrogens is 319 g/mol. The summed E-state index contributed by atoms with van der Waals surface area (Å²) in [6, 6.07) is 3.84. The molecule has 0 atom stereocenters. The SMILES string of the molecule is CN(C)S(=O)(=O)c1cnn(CC(F)(F)c2ccc(F)cc2)c1. The summed E-state index contributed by atoms with van der Waals surface area (Å²) in [5.41, 5.74) is -0.374. The molecule has 9 heteroatoms. The van der Waals surface area contributed by atoms with E-state index in [9.17, 15) is 21.6 Å². The first-order valence-electron chi connectivity index (χ1n) is 6.22. The summed E-state index contributed by atoms with van der Waals surface area (Å²) in [4.78, 5) is -0.174. The highest BCUT2D eigenvalue weighted by Crippen LogP contribution is 2.30. The Morgan fingerprint density at radius 3 is 2.36 bits per heavy atom. The quantitative estimate of drug-likeness (QED) is 0.842. The van der Waals surface area contributed by atoms with Gasteiger partial charge in [0.05, 0.1) is 6.20 Å². The van der Waals surface area contributed by atoms with Crippen LogP contribution in [0.3, 0.4) is 0 Å². The summed E-state index contributed by atoms with van der Waals surface area (Å²) in [7, 11) is -1.06. The number of hydrogen-bond acceptors (Lipinski definition) is 3. The summed E-state index contributed by atoms with van der Waals surface area (Å²) >= 11 is 0. The summed E-state index contributed by atoms with van der Waals surface area (Å²) in [5.74, 6) is -3.92. The number of rotatable bonds is 5. The molecule has 5 nitrogen and oxygen atoms in total. The fourth-order valence-corrected chi connectivity index (χ4v) is 2.62. The van der Waals surface area contributed by atoms with Crippen molar-refractivity contribution in [1.29, 1.82) is 0 Å². The minimum Gasteiger partial charge on any atom is -0.265 e. The Morgan fingerprint density at radius 1 is 1.23 bits per heavy atom. The molecule has 1 heterocycles. The van der Waals surface area contributed by atoms with E-state index in [0.717, 1.165) is 45.6 Å². The Hall–Kier alpha value is -1.87. The molecule has 0 bridgehead atoms. The van der Waals surface area contributed by atoms with Crippen molar-refractivity contribution in [2.75, 3.05) is 14.1 Å². The van der Waals surface area contributed by atoms with Crippen LogP contribution < -0.4 is 0 Å². The number of sulfonamides is 1. The van der Waals surface area contributed by atoms with Crippen LogP contribution in [-0.4, -0.2) is 36.6 Å². The van der Waals surface area contributed by atoms with Crippen LogP contribution in [0.15, 0.2) is 41.6 Å². The molecule has 0 saturated carbocycles. The number of benzene rings is 1. The maximum atomic E-state index is 14.1. The van der Waals surface area contributed by atoms with E-state index in [4.69, 9.17) is 0 Å².